The number of aromatic nitrogens is 2. The van der Waals surface area contributed by atoms with Gasteiger partial charge in [-0.25, -0.2) is 4.98 Å². The third-order valence-electron chi connectivity index (χ3n) is 4.70. The van der Waals surface area contributed by atoms with Crippen molar-refractivity contribution in [2.75, 3.05) is 0 Å². The summed E-state index contributed by atoms with van der Waals surface area (Å²) in [6.07, 6.45) is 1.55. The van der Waals surface area contributed by atoms with Crippen LogP contribution in [-0.2, 0) is 13.1 Å². The zero-order valence-corrected chi connectivity index (χ0v) is 15.6. The van der Waals surface area contributed by atoms with Gasteiger partial charge in [0, 0.05) is 12.7 Å². The van der Waals surface area contributed by atoms with Gasteiger partial charge < -0.3 is 10.4 Å². The molecule has 2 heterocycles. The van der Waals surface area contributed by atoms with Crippen LogP contribution in [-0.4, -0.2) is 20.6 Å². The molecule has 0 aliphatic rings. The van der Waals surface area contributed by atoms with Gasteiger partial charge in [0.1, 0.15) is 17.0 Å². The molecule has 6 heteroatoms. The Balaban J connectivity index is 1.77. The van der Waals surface area contributed by atoms with Crippen molar-refractivity contribution in [3.63, 3.8) is 0 Å². The molecule has 0 aliphatic heterocycles. The molecule has 1 amide bonds. The monoisotopic (exact) mass is 385 g/mol. The number of carbonyl (C=O) groups excluding carboxylic acids is 1. The molecule has 0 spiro atoms. The molecule has 0 atom stereocenters. The normalized spacial score (nSPS) is 10.8. The maximum atomic E-state index is 13.2. The van der Waals surface area contributed by atoms with Crippen LogP contribution >= 0.6 is 0 Å². The Hall–Kier alpha value is -3.93. The number of rotatable bonds is 5. The largest absolute Gasteiger partial charge is 0.506 e. The van der Waals surface area contributed by atoms with Gasteiger partial charge in [-0.2, -0.15) is 0 Å². The van der Waals surface area contributed by atoms with E-state index in [-0.39, 0.29) is 24.4 Å². The summed E-state index contributed by atoms with van der Waals surface area (Å²) in [5.41, 5.74) is 1.26. The molecular weight excluding hydrogens is 366 g/mol. The van der Waals surface area contributed by atoms with Crippen molar-refractivity contribution in [1.29, 1.82) is 0 Å². The van der Waals surface area contributed by atoms with E-state index in [4.69, 9.17) is 0 Å². The first-order valence-electron chi connectivity index (χ1n) is 9.21. The van der Waals surface area contributed by atoms with Crippen molar-refractivity contribution >= 4 is 16.9 Å². The molecule has 0 saturated heterocycles. The molecule has 0 radical (unpaired) electrons. The van der Waals surface area contributed by atoms with Gasteiger partial charge in [0.15, 0.2) is 0 Å². The Bertz CT molecular complexity index is 1220. The second-order valence-corrected chi connectivity index (χ2v) is 6.64. The minimum absolute atomic E-state index is 0.242. The topological polar surface area (TPSA) is 84.2 Å². The Morgan fingerprint density at radius 2 is 1.59 bits per heavy atom. The first kappa shape index (κ1) is 18.4. The summed E-state index contributed by atoms with van der Waals surface area (Å²) in [4.78, 5) is 30.2. The zero-order chi connectivity index (χ0) is 20.2. The van der Waals surface area contributed by atoms with E-state index in [1.54, 1.807) is 18.3 Å². The van der Waals surface area contributed by atoms with Crippen molar-refractivity contribution in [3.8, 4) is 5.75 Å². The SMILES string of the molecule is O=C(NCc1ccccc1)c1c(O)c2cccnc2n(Cc2ccccc2)c1=O. The van der Waals surface area contributed by atoms with Crippen LogP contribution in [0, 0.1) is 0 Å². The van der Waals surface area contributed by atoms with Crippen LogP contribution in [0.5, 0.6) is 5.75 Å². The number of carbonyl (C=O) groups is 1. The minimum atomic E-state index is -0.621. The van der Waals surface area contributed by atoms with Gasteiger partial charge in [-0.15, -0.1) is 0 Å². The molecule has 2 N–H and O–H groups in total. The molecule has 2 aromatic heterocycles. The van der Waals surface area contributed by atoms with Crippen LogP contribution in [0.4, 0.5) is 0 Å². The maximum Gasteiger partial charge on any atom is 0.269 e. The highest BCUT2D eigenvalue weighted by molar-refractivity contribution is 6.01. The molecule has 0 aliphatic carbocycles. The van der Waals surface area contributed by atoms with Crippen molar-refractivity contribution in [2.24, 2.45) is 0 Å². The van der Waals surface area contributed by atoms with Crippen LogP contribution in [0.2, 0.25) is 0 Å². The standard InChI is InChI=1S/C23H19N3O3/c27-20-18-12-7-13-24-21(18)26(15-17-10-5-2-6-11-17)23(29)19(20)22(28)25-14-16-8-3-1-4-9-16/h1-13,27H,14-15H2,(H,25,28). The van der Waals surface area contributed by atoms with Crippen molar-refractivity contribution < 1.29 is 9.90 Å². The number of nitrogens with zero attached hydrogens (tertiary/aromatic N) is 2. The molecule has 2 aromatic carbocycles. The summed E-state index contributed by atoms with van der Waals surface area (Å²) in [7, 11) is 0. The highest BCUT2D eigenvalue weighted by Gasteiger charge is 2.22. The molecule has 0 bridgehead atoms. The quantitative estimate of drug-likeness (QED) is 0.553. The zero-order valence-electron chi connectivity index (χ0n) is 15.6. The van der Waals surface area contributed by atoms with E-state index in [9.17, 15) is 14.7 Å². The molecule has 0 unspecified atom stereocenters. The lowest BCUT2D eigenvalue weighted by Gasteiger charge is -2.14. The Morgan fingerprint density at radius 1 is 0.931 bits per heavy atom. The van der Waals surface area contributed by atoms with E-state index in [2.05, 4.69) is 10.3 Å². The molecule has 144 valence electrons. The molecule has 4 rings (SSSR count). The van der Waals surface area contributed by atoms with Crippen LogP contribution in [0.1, 0.15) is 21.5 Å². The van der Waals surface area contributed by atoms with Gasteiger partial charge in [-0.05, 0) is 23.3 Å². The van der Waals surface area contributed by atoms with E-state index in [1.165, 1.54) is 4.57 Å². The molecule has 29 heavy (non-hydrogen) atoms. The summed E-state index contributed by atoms with van der Waals surface area (Å²) in [6.45, 7) is 0.495. The fourth-order valence-electron chi connectivity index (χ4n) is 3.25. The molecule has 4 aromatic rings. The second-order valence-electron chi connectivity index (χ2n) is 6.64. The fourth-order valence-corrected chi connectivity index (χ4v) is 3.25. The van der Waals surface area contributed by atoms with Gasteiger partial charge in [0.2, 0.25) is 0 Å². The van der Waals surface area contributed by atoms with E-state index in [0.29, 0.717) is 11.0 Å². The Morgan fingerprint density at radius 3 is 2.28 bits per heavy atom. The van der Waals surface area contributed by atoms with Gasteiger partial charge in [-0.1, -0.05) is 60.7 Å². The van der Waals surface area contributed by atoms with Crippen molar-refractivity contribution in [2.45, 2.75) is 13.1 Å². The predicted molar refractivity (Wildman–Crippen MR) is 111 cm³/mol. The first-order valence-corrected chi connectivity index (χ1v) is 9.21. The Labute approximate surface area is 167 Å². The third kappa shape index (κ3) is 3.73. The number of fused-ring (bicyclic) bond motifs is 1. The van der Waals surface area contributed by atoms with E-state index in [1.807, 2.05) is 60.7 Å². The van der Waals surface area contributed by atoms with Gasteiger partial charge >= 0.3 is 0 Å². The number of amides is 1. The third-order valence-corrected chi connectivity index (χ3v) is 4.70. The highest BCUT2D eigenvalue weighted by atomic mass is 16.3. The molecule has 0 saturated carbocycles. The summed E-state index contributed by atoms with van der Waals surface area (Å²) < 4.78 is 1.42. The summed E-state index contributed by atoms with van der Waals surface area (Å²) >= 11 is 0. The summed E-state index contributed by atoms with van der Waals surface area (Å²) in [5.74, 6) is -0.975. The predicted octanol–water partition coefficient (Wildman–Crippen LogP) is 3.08. The van der Waals surface area contributed by atoms with Crippen LogP contribution in [0.25, 0.3) is 11.0 Å². The smallest absolute Gasteiger partial charge is 0.269 e. The lowest BCUT2D eigenvalue weighted by molar-refractivity contribution is 0.0946. The number of hydrogen-bond acceptors (Lipinski definition) is 4. The van der Waals surface area contributed by atoms with Crippen LogP contribution in [0.3, 0.4) is 0 Å². The maximum absolute atomic E-state index is 13.2. The van der Waals surface area contributed by atoms with E-state index >= 15 is 0 Å². The minimum Gasteiger partial charge on any atom is -0.506 e. The van der Waals surface area contributed by atoms with Crippen molar-refractivity contribution in [3.05, 3.63) is 106 Å². The number of hydrogen-bond donors (Lipinski definition) is 2. The van der Waals surface area contributed by atoms with Gasteiger partial charge in [0.25, 0.3) is 11.5 Å². The number of nitrogens with one attached hydrogen (secondary N) is 1. The average Bonchev–Trinajstić information content (AvgIpc) is 2.77. The number of benzene rings is 2. The average molecular weight is 385 g/mol. The highest BCUT2D eigenvalue weighted by Crippen LogP contribution is 2.25. The molecule has 0 fully saturated rings. The van der Waals surface area contributed by atoms with Crippen LogP contribution in [0.15, 0.2) is 83.8 Å². The second kappa shape index (κ2) is 7.98. The summed E-state index contributed by atoms with van der Waals surface area (Å²) in [5, 5.41) is 13.7. The van der Waals surface area contributed by atoms with Gasteiger partial charge in [0.05, 0.1) is 11.9 Å². The Kier molecular flexibility index (Phi) is 5.07. The first-order chi connectivity index (χ1) is 14.1. The fraction of sp³-hybridized carbons (Fsp3) is 0.0870. The lowest BCUT2D eigenvalue weighted by atomic mass is 10.1. The number of pyridine rings is 2. The van der Waals surface area contributed by atoms with Gasteiger partial charge in [-0.3, -0.25) is 14.2 Å². The molecular formula is C23H19N3O3. The van der Waals surface area contributed by atoms with Crippen molar-refractivity contribution in [1.82, 2.24) is 14.9 Å². The lowest BCUT2D eigenvalue weighted by Crippen LogP contribution is -2.33. The van der Waals surface area contributed by atoms with E-state index in [0.717, 1.165) is 11.1 Å². The van der Waals surface area contributed by atoms with E-state index < -0.39 is 11.5 Å². The molecule has 6 nitrogen and oxygen atoms in total. The van der Waals surface area contributed by atoms with Crippen LogP contribution < -0.4 is 10.9 Å². The summed E-state index contributed by atoms with van der Waals surface area (Å²) in [6, 6.07) is 22.1. The number of aromatic hydroxyl groups is 1.